The number of hydrogen-bond acceptors (Lipinski definition) is 4. The number of rotatable bonds is 6. The van der Waals surface area contributed by atoms with Crippen LogP contribution in [0.1, 0.15) is 25.3 Å². The van der Waals surface area contributed by atoms with Crippen molar-refractivity contribution in [2.45, 2.75) is 32.4 Å². The van der Waals surface area contributed by atoms with Gasteiger partial charge in [0.25, 0.3) is 0 Å². The Bertz CT molecular complexity index is 375. The Labute approximate surface area is 108 Å². The normalized spacial score (nSPS) is 18.9. The van der Waals surface area contributed by atoms with E-state index in [1.54, 1.807) is 0 Å². The smallest absolute Gasteiger partial charge is 0.165 e. The second-order valence-electron chi connectivity index (χ2n) is 4.33. The van der Waals surface area contributed by atoms with Gasteiger partial charge in [-0.1, -0.05) is 12.1 Å². The second kappa shape index (κ2) is 6.61. The Kier molecular flexibility index (Phi) is 4.84. The predicted molar refractivity (Wildman–Crippen MR) is 70.0 cm³/mol. The molecule has 1 aliphatic heterocycles. The van der Waals surface area contributed by atoms with Gasteiger partial charge < -0.3 is 19.9 Å². The van der Waals surface area contributed by atoms with E-state index in [0.29, 0.717) is 19.8 Å². The van der Waals surface area contributed by atoms with Gasteiger partial charge in [-0.05, 0) is 25.8 Å². The molecule has 1 fully saturated rings. The van der Waals surface area contributed by atoms with E-state index in [-0.39, 0.29) is 6.10 Å². The fraction of sp³-hybridized carbons (Fsp3) is 0.571. The van der Waals surface area contributed by atoms with E-state index < -0.39 is 0 Å². The minimum atomic E-state index is 0.199. The third-order valence-corrected chi connectivity index (χ3v) is 3.02. The molecule has 1 aromatic carbocycles. The lowest BCUT2D eigenvalue weighted by Gasteiger charge is -2.17. The van der Waals surface area contributed by atoms with Crippen LogP contribution in [0.5, 0.6) is 11.5 Å². The van der Waals surface area contributed by atoms with Crippen LogP contribution in [0.2, 0.25) is 0 Å². The average molecular weight is 251 g/mol. The molecule has 0 amide bonds. The number of benzene rings is 1. The van der Waals surface area contributed by atoms with Crippen molar-refractivity contribution in [2.75, 3.05) is 19.8 Å². The van der Waals surface area contributed by atoms with Crippen molar-refractivity contribution in [3.8, 4) is 11.5 Å². The van der Waals surface area contributed by atoms with Gasteiger partial charge >= 0.3 is 0 Å². The van der Waals surface area contributed by atoms with Gasteiger partial charge in [-0.3, -0.25) is 0 Å². The maximum atomic E-state index is 5.87. The van der Waals surface area contributed by atoms with E-state index in [4.69, 9.17) is 19.9 Å². The zero-order valence-corrected chi connectivity index (χ0v) is 10.9. The molecular weight excluding hydrogens is 230 g/mol. The van der Waals surface area contributed by atoms with Gasteiger partial charge in [0.05, 0.1) is 12.7 Å². The Morgan fingerprint density at radius 2 is 2.28 bits per heavy atom. The van der Waals surface area contributed by atoms with E-state index in [9.17, 15) is 0 Å². The first kappa shape index (κ1) is 13.2. The molecule has 1 aliphatic rings. The van der Waals surface area contributed by atoms with E-state index >= 15 is 0 Å². The highest BCUT2D eigenvalue weighted by atomic mass is 16.5. The van der Waals surface area contributed by atoms with Crippen LogP contribution in [0.4, 0.5) is 0 Å². The molecule has 100 valence electrons. The summed E-state index contributed by atoms with van der Waals surface area (Å²) < 4.78 is 17.0. The molecule has 2 N–H and O–H groups in total. The van der Waals surface area contributed by atoms with E-state index in [1.807, 2.05) is 25.1 Å². The molecule has 1 heterocycles. The Morgan fingerprint density at radius 1 is 1.39 bits per heavy atom. The van der Waals surface area contributed by atoms with Crippen LogP contribution in [-0.2, 0) is 11.3 Å². The predicted octanol–water partition coefficient (Wildman–Crippen LogP) is 2.10. The number of hydrogen-bond donors (Lipinski definition) is 1. The van der Waals surface area contributed by atoms with Crippen LogP contribution in [0.25, 0.3) is 0 Å². The van der Waals surface area contributed by atoms with Gasteiger partial charge in [0.15, 0.2) is 11.5 Å². The Hall–Kier alpha value is -1.26. The first-order valence-corrected chi connectivity index (χ1v) is 6.54. The van der Waals surface area contributed by atoms with Crippen molar-refractivity contribution < 1.29 is 14.2 Å². The van der Waals surface area contributed by atoms with Crippen molar-refractivity contribution in [3.05, 3.63) is 23.8 Å². The van der Waals surface area contributed by atoms with Crippen LogP contribution in [0.15, 0.2) is 18.2 Å². The van der Waals surface area contributed by atoms with Gasteiger partial charge in [0.2, 0.25) is 0 Å². The van der Waals surface area contributed by atoms with Crippen molar-refractivity contribution in [1.82, 2.24) is 0 Å². The molecule has 0 aliphatic carbocycles. The lowest BCUT2D eigenvalue weighted by atomic mass is 10.2. The molecule has 18 heavy (non-hydrogen) atoms. The second-order valence-corrected chi connectivity index (χ2v) is 4.33. The third kappa shape index (κ3) is 3.15. The van der Waals surface area contributed by atoms with Gasteiger partial charge in [0.1, 0.15) is 6.61 Å². The fourth-order valence-corrected chi connectivity index (χ4v) is 2.11. The van der Waals surface area contributed by atoms with Crippen molar-refractivity contribution in [2.24, 2.45) is 5.73 Å². The van der Waals surface area contributed by atoms with Gasteiger partial charge in [-0.2, -0.15) is 0 Å². The monoisotopic (exact) mass is 251 g/mol. The van der Waals surface area contributed by atoms with E-state index in [1.165, 1.54) is 0 Å². The number of para-hydroxylation sites is 1. The molecule has 0 bridgehead atoms. The minimum absolute atomic E-state index is 0.199. The van der Waals surface area contributed by atoms with Gasteiger partial charge in [0, 0.05) is 18.7 Å². The molecule has 1 saturated heterocycles. The summed E-state index contributed by atoms with van der Waals surface area (Å²) >= 11 is 0. The summed E-state index contributed by atoms with van der Waals surface area (Å²) in [6.45, 7) is 4.42. The zero-order valence-electron chi connectivity index (χ0n) is 10.9. The molecule has 1 aromatic rings. The Balaban J connectivity index is 2.07. The summed E-state index contributed by atoms with van der Waals surface area (Å²) in [5.74, 6) is 1.52. The van der Waals surface area contributed by atoms with Crippen molar-refractivity contribution in [1.29, 1.82) is 0 Å². The summed E-state index contributed by atoms with van der Waals surface area (Å²) in [7, 11) is 0. The maximum absolute atomic E-state index is 5.87. The Morgan fingerprint density at radius 3 is 2.94 bits per heavy atom. The molecule has 0 aromatic heterocycles. The molecular formula is C14H21NO3. The van der Waals surface area contributed by atoms with Crippen molar-refractivity contribution in [3.63, 3.8) is 0 Å². The summed E-state index contributed by atoms with van der Waals surface area (Å²) in [5, 5.41) is 0. The summed E-state index contributed by atoms with van der Waals surface area (Å²) in [4.78, 5) is 0. The number of ether oxygens (including phenoxy) is 3. The molecule has 2 rings (SSSR count). The molecule has 1 unspecified atom stereocenters. The van der Waals surface area contributed by atoms with Crippen LogP contribution in [-0.4, -0.2) is 25.9 Å². The molecule has 0 saturated carbocycles. The van der Waals surface area contributed by atoms with Crippen LogP contribution in [0, 0.1) is 0 Å². The van der Waals surface area contributed by atoms with Crippen LogP contribution >= 0.6 is 0 Å². The van der Waals surface area contributed by atoms with E-state index in [0.717, 1.165) is 36.5 Å². The SMILES string of the molecule is CCOc1cccc(CN)c1OCC1CCCO1. The quantitative estimate of drug-likeness (QED) is 0.841. The molecule has 1 atom stereocenters. The van der Waals surface area contributed by atoms with Crippen LogP contribution < -0.4 is 15.2 Å². The molecule has 4 nitrogen and oxygen atoms in total. The molecule has 4 heteroatoms. The first-order chi connectivity index (χ1) is 8.85. The van der Waals surface area contributed by atoms with Gasteiger partial charge in [-0.25, -0.2) is 0 Å². The maximum Gasteiger partial charge on any atom is 0.165 e. The highest BCUT2D eigenvalue weighted by Gasteiger charge is 2.18. The van der Waals surface area contributed by atoms with E-state index in [2.05, 4.69) is 0 Å². The largest absolute Gasteiger partial charge is 0.490 e. The lowest BCUT2D eigenvalue weighted by molar-refractivity contribution is 0.0664. The average Bonchev–Trinajstić information content (AvgIpc) is 2.90. The summed E-state index contributed by atoms with van der Waals surface area (Å²) in [5.41, 5.74) is 6.70. The van der Waals surface area contributed by atoms with Gasteiger partial charge in [-0.15, -0.1) is 0 Å². The lowest BCUT2D eigenvalue weighted by Crippen LogP contribution is -2.17. The van der Waals surface area contributed by atoms with Crippen LogP contribution in [0.3, 0.4) is 0 Å². The highest BCUT2D eigenvalue weighted by molar-refractivity contribution is 5.46. The first-order valence-electron chi connectivity index (χ1n) is 6.54. The highest BCUT2D eigenvalue weighted by Crippen LogP contribution is 2.31. The standard InChI is InChI=1S/C14H21NO3/c1-2-16-13-7-3-5-11(9-15)14(13)18-10-12-6-4-8-17-12/h3,5,7,12H,2,4,6,8-10,15H2,1H3. The minimum Gasteiger partial charge on any atom is -0.490 e. The molecule has 0 spiro atoms. The fourth-order valence-electron chi connectivity index (χ4n) is 2.11. The van der Waals surface area contributed by atoms with Crippen molar-refractivity contribution >= 4 is 0 Å². The molecule has 0 radical (unpaired) electrons. The summed E-state index contributed by atoms with van der Waals surface area (Å²) in [6.07, 6.45) is 2.38. The summed E-state index contributed by atoms with van der Waals surface area (Å²) in [6, 6.07) is 5.81. The zero-order chi connectivity index (χ0) is 12.8. The topological polar surface area (TPSA) is 53.7 Å². The number of nitrogens with two attached hydrogens (primary N) is 1. The third-order valence-electron chi connectivity index (χ3n) is 3.02.